The topological polar surface area (TPSA) is 43.4 Å². The fourth-order valence-corrected chi connectivity index (χ4v) is 1.61. The van der Waals surface area contributed by atoms with Crippen molar-refractivity contribution in [3.8, 4) is 0 Å². The summed E-state index contributed by atoms with van der Waals surface area (Å²) >= 11 is 0. The Balaban J connectivity index is 2.46. The minimum absolute atomic E-state index is 0.0263. The molecule has 0 saturated carbocycles. The van der Waals surface area contributed by atoms with Crippen LogP contribution in [0.15, 0.2) is 24.3 Å². The molecule has 0 unspecified atom stereocenters. The molecular formula is C15H18F2O3. The van der Waals surface area contributed by atoms with E-state index in [1.165, 1.54) is 18.2 Å². The summed E-state index contributed by atoms with van der Waals surface area (Å²) in [6, 6.07) is 5.31. The van der Waals surface area contributed by atoms with Crippen LogP contribution in [0, 0.1) is 0 Å². The monoisotopic (exact) mass is 284 g/mol. The van der Waals surface area contributed by atoms with E-state index < -0.39 is 12.4 Å². The average molecular weight is 284 g/mol. The molecule has 1 aromatic carbocycles. The van der Waals surface area contributed by atoms with Crippen LogP contribution < -0.4 is 0 Å². The van der Waals surface area contributed by atoms with Crippen molar-refractivity contribution in [2.24, 2.45) is 0 Å². The van der Waals surface area contributed by atoms with E-state index in [-0.39, 0.29) is 29.8 Å². The fourth-order valence-electron chi connectivity index (χ4n) is 1.61. The van der Waals surface area contributed by atoms with Crippen LogP contribution in [0.1, 0.15) is 55.0 Å². The number of unbranched alkanes of at least 4 members (excludes halogenated alkanes) is 1. The standard InChI is InChI=1S/C15H18F2O3/c1-2-3-9-20-14(19)8-7-13(18)11-5-4-6-12(10-11)15(16)17/h4-6,10,15H,2-3,7-9H2,1H3. The number of Topliss-reactive ketones (excluding diaryl/α,β-unsaturated/α-hetero) is 1. The SMILES string of the molecule is CCCCOC(=O)CCC(=O)c1cccc(C(F)F)c1. The molecule has 0 saturated heterocycles. The molecule has 0 atom stereocenters. The van der Waals surface area contributed by atoms with Crippen molar-refractivity contribution in [3.05, 3.63) is 35.4 Å². The smallest absolute Gasteiger partial charge is 0.306 e. The van der Waals surface area contributed by atoms with E-state index in [0.29, 0.717) is 6.61 Å². The molecule has 1 rings (SSSR count). The quantitative estimate of drug-likeness (QED) is 0.412. The summed E-state index contributed by atoms with van der Waals surface area (Å²) < 4.78 is 29.9. The molecule has 0 aliphatic carbocycles. The van der Waals surface area contributed by atoms with Gasteiger partial charge in [0.1, 0.15) is 0 Å². The fraction of sp³-hybridized carbons (Fsp3) is 0.467. The van der Waals surface area contributed by atoms with Crippen molar-refractivity contribution in [3.63, 3.8) is 0 Å². The van der Waals surface area contributed by atoms with Gasteiger partial charge in [-0.25, -0.2) is 8.78 Å². The summed E-state index contributed by atoms with van der Waals surface area (Å²) in [7, 11) is 0. The molecular weight excluding hydrogens is 266 g/mol. The molecule has 5 heteroatoms. The molecule has 0 amide bonds. The van der Waals surface area contributed by atoms with Crippen LogP contribution >= 0.6 is 0 Å². The van der Waals surface area contributed by atoms with Gasteiger partial charge in [0.05, 0.1) is 13.0 Å². The average Bonchev–Trinajstić information content (AvgIpc) is 2.45. The van der Waals surface area contributed by atoms with Gasteiger partial charge < -0.3 is 4.74 Å². The van der Waals surface area contributed by atoms with Crippen LogP contribution in [0.5, 0.6) is 0 Å². The van der Waals surface area contributed by atoms with Crippen LogP contribution in [0.3, 0.4) is 0 Å². The van der Waals surface area contributed by atoms with E-state index in [4.69, 9.17) is 4.74 Å². The van der Waals surface area contributed by atoms with Crippen molar-refractivity contribution in [1.29, 1.82) is 0 Å². The molecule has 0 bridgehead atoms. The number of carbonyl (C=O) groups is 2. The Morgan fingerprint density at radius 3 is 2.65 bits per heavy atom. The van der Waals surface area contributed by atoms with Crippen LogP contribution in [-0.4, -0.2) is 18.4 Å². The van der Waals surface area contributed by atoms with Crippen LogP contribution in [-0.2, 0) is 9.53 Å². The molecule has 0 radical (unpaired) electrons. The molecule has 0 heterocycles. The number of alkyl halides is 2. The highest BCUT2D eigenvalue weighted by Crippen LogP contribution is 2.20. The number of halogens is 2. The molecule has 0 aliphatic heterocycles. The summed E-state index contributed by atoms with van der Waals surface area (Å²) in [5.41, 5.74) is 0.00512. The minimum atomic E-state index is -2.61. The van der Waals surface area contributed by atoms with E-state index in [1.54, 1.807) is 0 Å². The Morgan fingerprint density at radius 2 is 2.00 bits per heavy atom. The number of carbonyl (C=O) groups excluding carboxylic acids is 2. The first-order valence-corrected chi connectivity index (χ1v) is 6.61. The highest BCUT2D eigenvalue weighted by Gasteiger charge is 2.13. The lowest BCUT2D eigenvalue weighted by molar-refractivity contribution is -0.143. The molecule has 0 fully saturated rings. The Morgan fingerprint density at radius 1 is 1.25 bits per heavy atom. The van der Waals surface area contributed by atoms with Gasteiger partial charge in [0.2, 0.25) is 0 Å². The van der Waals surface area contributed by atoms with Crippen molar-refractivity contribution < 1.29 is 23.1 Å². The Bertz CT molecular complexity index is 458. The number of hydrogen-bond acceptors (Lipinski definition) is 3. The zero-order chi connectivity index (χ0) is 15.0. The maximum absolute atomic E-state index is 12.5. The third-order valence-electron chi connectivity index (χ3n) is 2.78. The number of hydrogen-bond donors (Lipinski definition) is 0. The third kappa shape index (κ3) is 5.47. The molecule has 0 N–H and O–H groups in total. The summed E-state index contributed by atoms with van der Waals surface area (Å²) in [5.74, 6) is -0.767. The summed E-state index contributed by atoms with van der Waals surface area (Å²) in [6.45, 7) is 2.33. The van der Waals surface area contributed by atoms with E-state index >= 15 is 0 Å². The van der Waals surface area contributed by atoms with Gasteiger partial charge in [-0.2, -0.15) is 0 Å². The number of ether oxygens (including phenoxy) is 1. The highest BCUT2D eigenvalue weighted by molar-refractivity contribution is 5.97. The number of esters is 1. The van der Waals surface area contributed by atoms with Gasteiger partial charge in [0.25, 0.3) is 6.43 Å². The first-order valence-electron chi connectivity index (χ1n) is 6.61. The molecule has 1 aromatic rings. The molecule has 20 heavy (non-hydrogen) atoms. The predicted molar refractivity (Wildman–Crippen MR) is 70.8 cm³/mol. The molecule has 0 spiro atoms. The first-order chi connectivity index (χ1) is 9.54. The summed E-state index contributed by atoms with van der Waals surface area (Å²) in [5, 5.41) is 0. The molecule has 3 nitrogen and oxygen atoms in total. The zero-order valence-corrected chi connectivity index (χ0v) is 11.4. The second-order valence-corrected chi connectivity index (χ2v) is 4.42. The maximum Gasteiger partial charge on any atom is 0.306 e. The van der Waals surface area contributed by atoms with Crippen molar-refractivity contribution in [1.82, 2.24) is 0 Å². The van der Waals surface area contributed by atoms with Gasteiger partial charge >= 0.3 is 5.97 Å². The molecule has 110 valence electrons. The maximum atomic E-state index is 12.5. The second-order valence-electron chi connectivity index (χ2n) is 4.42. The predicted octanol–water partition coefficient (Wildman–Crippen LogP) is 3.93. The number of rotatable bonds is 8. The van der Waals surface area contributed by atoms with E-state index in [9.17, 15) is 18.4 Å². The number of ketones is 1. The van der Waals surface area contributed by atoms with Crippen LogP contribution in [0.2, 0.25) is 0 Å². The Labute approximate surface area is 116 Å². The number of benzene rings is 1. The Kier molecular flexibility index (Phi) is 6.84. The van der Waals surface area contributed by atoms with E-state index in [0.717, 1.165) is 18.9 Å². The van der Waals surface area contributed by atoms with Crippen molar-refractivity contribution in [2.75, 3.05) is 6.61 Å². The highest BCUT2D eigenvalue weighted by atomic mass is 19.3. The summed E-state index contributed by atoms with van der Waals surface area (Å²) in [6.07, 6.45) is -0.955. The largest absolute Gasteiger partial charge is 0.466 e. The lowest BCUT2D eigenvalue weighted by Gasteiger charge is -2.05. The van der Waals surface area contributed by atoms with Crippen molar-refractivity contribution >= 4 is 11.8 Å². The molecule has 0 aliphatic rings. The molecule has 0 aromatic heterocycles. The van der Waals surface area contributed by atoms with Crippen molar-refractivity contribution in [2.45, 2.75) is 39.0 Å². The Hall–Kier alpha value is -1.78. The van der Waals surface area contributed by atoms with Crippen LogP contribution in [0.4, 0.5) is 8.78 Å². The normalized spacial score (nSPS) is 10.6. The summed E-state index contributed by atoms with van der Waals surface area (Å²) in [4.78, 5) is 23.1. The van der Waals surface area contributed by atoms with Gasteiger partial charge in [0.15, 0.2) is 5.78 Å². The van der Waals surface area contributed by atoms with E-state index in [2.05, 4.69) is 0 Å². The van der Waals surface area contributed by atoms with Gasteiger partial charge in [-0.3, -0.25) is 9.59 Å². The van der Waals surface area contributed by atoms with Gasteiger partial charge in [-0.05, 0) is 12.5 Å². The lowest BCUT2D eigenvalue weighted by Crippen LogP contribution is -2.09. The van der Waals surface area contributed by atoms with Gasteiger partial charge in [-0.1, -0.05) is 31.5 Å². The second kappa shape index (κ2) is 8.40. The lowest BCUT2D eigenvalue weighted by atomic mass is 10.0. The first kappa shape index (κ1) is 16.3. The van der Waals surface area contributed by atoms with Gasteiger partial charge in [-0.15, -0.1) is 0 Å². The minimum Gasteiger partial charge on any atom is -0.466 e. The van der Waals surface area contributed by atoms with E-state index in [1.807, 2.05) is 6.92 Å². The zero-order valence-electron chi connectivity index (χ0n) is 11.4. The van der Waals surface area contributed by atoms with Crippen LogP contribution in [0.25, 0.3) is 0 Å². The third-order valence-corrected chi connectivity index (χ3v) is 2.78. The van der Waals surface area contributed by atoms with Gasteiger partial charge in [0, 0.05) is 17.5 Å².